The van der Waals surface area contributed by atoms with Gasteiger partial charge in [0.25, 0.3) is 0 Å². The zero-order chi connectivity index (χ0) is 18.2. The minimum Gasteiger partial charge on any atom is -0.478 e. The Bertz CT molecular complexity index is 711. The Morgan fingerprint density at radius 3 is 2.50 bits per heavy atom. The zero-order valence-corrected chi connectivity index (χ0v) is 18.5. The Balaban J connectivity index is 0.00000338. The summed E-state index contributed by atoms with van der Waals surface area (Å²) in [6.45, 7) is 8.19. The predicted octanol–water partition coefficient (Wildman–Crippen LogP) is 2.70. The fraction of sp³-hybridized carbons (Fsp3) is 0.500. The van der Waals surface area contributed by atoms with Gasteiger partial charge < -0.3 is 15.4 Å². The highest BCUT2D eigenvalue weighted by molar-refractivity contribution is 14.0. The summed E-state index contributed by atoms with van der Waals surface area (Å²) in [4.78, 5) is 8.57. The minimum absolute atomic E-state index is 0. The lowest BCUT2D eigenvalue weighted by Crippen LogP contribution is -2.36. The van der Waals surface area contributed by atoms with Gasteiger partial charge in [-0.3, -0.25) is 9.67 Å². The first-order valence-corrected chi connectivity index (χ1v) is 8.56. The van der Waals surface area contributed by atoms with Crippen LogP contribution in [0.5, 0.6) is 5.88 Å². The van der Waals surface area contributed by atoms with Gasteiger partial charge in [0.15, 0.2) is 5.96 Å². The molecule has 0 aliphatic carbocycles. The van der Waals surface area contributed by atoms with Crippen molar-refractivity contribution in [2.45, 2.75) is 40.3 Å². The Hall–Kier alpha value is -1.84. The van der Waals surface area contributed by atoms with E-state index in [1.165, 1.54) is 5.56 Å². The minimum atomic E-state index is 0. The number of aryl methyl sites for hydroxylation is 2. The summed E-state index contributed by atoms with van der Waals surface area (Å²) in [6, 6.07) is 3.90. The van der Waals surface area contributed by atoms with Crippen molar-refractivity contribution >= 4 is 29.9 Å². The number of aliphatic imine (C=N–C) groups is 1. The molecule has 0 aliphatic heterocycles. The van der Waals surface area contributed by atoms with Gasteiger partial charge in [-0.2, -0.15) is 5.10 Å². The second-order valence-corrected chi connectivity index (χ2v) is 5.91. The van der Waals surface area contributed by atoms with Crippen LogP contribution < -0.4 is 15.4 Å². The molecule has 8 heteroatoms. The fourth-order valence-corrected chi connectivity index (χ4v) is 2.46. The van der Waals surface area contributed by atoms with Crippen LogP contribution in [0.2, 0.25) is 0 Å². The maximum Gasteiger partial charge on any atom is 0.213 e. The van der Waals surface area contributed by atoms with Crippen LogP contribution in [0.4, 0.5) is 0 Å². The number of rotatable bonds is 7. The number of ether oxygens (including phenoxy) is 1. The van der Waals surface area contributed by atoms with E-state index in [0.717, 1.165) is 29.3 Å². The maximum absolute atomic E-state index is 5.49. The molecule has 0 radical (unpaired) electrons. The summed E-state index contributed by atoms with van der Waals surface area (Å²) in [5.41, 5.74) is 4.47. The summed E-state index contributed by atoms with van der Waals surface area (Å²) >= 11 is 0. The average molecular weight is 472 g/mol. The standard InChI is InChI=1S/C18H28N6O.HI/c1-6-9-25-17-8-7-15(10-20-17)11-21-18(19-4)22-12-16-13(2)23-24(5)14(16)3;/h7-8,10H,6,9,11-12H2,1-5H3,(H2,19,21,22);1H. The molecule has 2 N–H and O–H groups in total. The molecular weight excluding hydrogens is 443 g/mol. The topological polar surface area (TPSA) is 76.4 Å². The molecule has 0 atom stereocenters. The molecule has 0 spiro atoms. The third kappa shape index (κ3) is 6.15. The quantitative estimate of drug-likeness (QED) is 0.368. The van der Waals surface area contributed by atoms with Crippen molar-refractivity contribution in [3.63, 3.8) is 0 Å². The second-order valence-electron chi connectivity index (χ2n) is 5.91. The molecule has 26 heavy (non-hydrogen) atoms. The van der Waals surface area contributed by atoms with Crippen molar-refractivity contribution in [2.75, 3.05) is 13.7 Å². The highest BCUT2D eigenvalue weighted by atomic mass is 127. The van der Waals surface area contributed by atoms with Gasteiger partial charge in [-0.15, -0.1) is 24.0 Å². The van der Waals surface area contributed by atoms with E-state index in [2.05, 4.69) is 39.6 Å². The highest BCUT2D eigenvalue weighted by Gasteiger charge is 2.09. The summed E-state index contributed by atoms with van der Waals surface area (Å²) in [7, 11) is 3.72. The Morgan fingerprint density at radius 1 is 1.23 bits per heavy atom. The molecule has 0 amide bonds. The van der Waals surface area contributed by atoms with Crippen LogP contribution in [0.15, 0.2) is 23.3 Å². The molecule has 2 rings (SSSR count). The maximum atomic E-state index is 5.49. The SMILES string of the molecule is CCCOc1ccc(CNC(=NC)NCc2c(C)nn(C)c2C)cn1.I. The lowest BCUT2D eigenvalue weighted by atomic mass is 10.2. The molecule has 0 aromatic carbocycles. The largest absolute Gasteiger partial charge is 0.478 e. The molecule has 2 heterocycles. The van der Waals surface area contributed by atoms with Gasteiger partial charge in [-0.25, -0.2) is 4.98 Å². The molecule has 144 valence electrons. The summed E-state index contributed by atoms with van der Waals surface area (Å²) in [6.07, 6.45) is 2.80. The molecule has 2 aromatic heterocycles. The number of hydrogen-bond acceptors (Lipinski definition) is 4. The number of hydrogen-bond donors (Lipinski definition) is 2. The van der Waals surface area contributed by atoms with E-state index in [1.807, 2.05) is 37.0 Å². The molecule has 0 saturated carbocycles. The van der Waals surface area contributed by atoms with Crippen LogP contribution in [0, 0.1) is 13.8 Å². The van der Waals surface area contributed by atoms with E-state index >= 15 is 0 Å². The Morgan fingerprint density at radius 2 is 1.96 bits per heavy atom. The number of guanidine groups is 1. The first-order valence-electron chi connectivity index (χ1n) is 8.56. The first-order chi connectivity index (χ1) is 12.0. The van der Waals surface area contributed by atoms with E-state index in [0.29, 0.717) is 25.6 Å². The van der Waals surface area contributed by atoms with Gasteiger partial charge in [0.05, 0.1) is 12.3 Å². The third-order valence-corrected chi connectivity index (χ3v) is 4.03. The second kappa shape index (κ2) is 11.0. The van der Waals surface area contributed by atoms with Crippen LogP contribution in [-0.2, 0) is 20.1 Å². The molecule has 2 aromatic rings. The Labute approximate surface area is 172 Å². The van der Waals surface area contributed by atoms with Gasteiger partial charge in [0.1, 0.15) is 0 Å². The number of halogens is 1. The normalized spacial score (nSPS) is 11.0. The lowest BCUT2D eigenvalue weighted by Gasteiger charge is -2.12. The van der Waals surface area contributed by atoms with Crippen LogP contribution in [-0.4, -0.2) is 34.4 Å². The predicted molar refractivity (Wildman–Crippen MR) is 115 cm³/mol. The van der Waals surface area contributed by atoms with E-state index in [9.17, 15) is 0 Å². The third-order valence-electron chi connectivity index (χ3n) is 4.03. The molecule has 0 fully saturated rings. The zero-order valence-electron chi connectivity index (χ0n) is 16.2. The summed E-state index contributed by atoms with van der Waals surface area (Å²) < 4.78 is 7.39. The van der Waals surface area contributed by atoms with Crippen molar-refractivity contribution in [3.05, 3.63) is 40.8 Å². The van der Waals surface area contributed by atoms with Crippen LogP contribution >= 0.6 is 24.0 Å². The number of aromatic nitrogens is 3. The van der Waals surface area contributed by atoms with Gasteiger partial charge in [-0.05, 0) is 25.8 Å². The van der Waals surface area contributed by atoms with E-state index in [4.69, 9.17) is 4.74 Å². The number of nitrogens with one attached hydrogen (secondary N) is 2. The van der Waals surface area contributed by atoms with Crippen LogP contribution in [0.1, 0.15) is 35.9 Å². The molecule has 0 aliphatic rings. The van der Waals surface area contributed by atoms with Crippen molar-refractivity contribution in [1.29, 1.82) is 0 Å². The van der Waals surface area contributed by atoms with E-state index in [-0.39, 0.29) is 24.0 Å². The van der Waals surface area contributed by atoms with Gasteiger partial charge >= 0.3 is 0 Å². The van der Waals surface area contributed by atoms with Gasteiger partial charge in [0, 0.05) is 50.7 Å². The monoisotopic (exact) mass is 472 g/mol. The average Bonchev–Trinajstić information content (AvgIpc) is 2.86. The number of pyridine rings is 1. The van der Waals surface area contributed by atoms with Gasteiger partial charge in [-0.1, -0.05) is 13.0 Å². The summed E-state index contributed by atoms with van der Waals surface area (Å²) in [5, 5.41) is 11.1. The van der Waals surface area contributed by atoms with Gasteiger partial charge in [0.2, 0.25) is 5.88 Å². The molecule has 7 nitrogen and oxygen atoms in total. The molecule has 0 bridgehead atoms. The highest BCUT2D eigenvalue weighted by Crippen LogP contribution is 2.11. The summed E-state index contributed by atoms with van der Waals surface area (Å²) in [5.74, 6) is 1.41. The van der Waals surface area contributed by atoms with Crippen molar-refractivity contribution in [2.24, 2.45) is 12.0 Å². The van der Waals surface area contributed by atoms with Crippen molar-refractivity contribution < 1.29 is 4.74 Å². The first kappa shape index (κ1) is 22.2. The van der Waals surface area contributed by atoms with Crippen LogP contribution in [0.3, 0.4) is 0 Å². The van der Waals surface area contributed by atoms with Crippen molar-refractivity contribution in [3.8, 4) is 5.88 Å². The lowest BCUT2D eigenvalue weighted by molar-refractivity contribution is 0.305. The van der Waals surface area contributed by atoms with E-state index < -0.39 is 0 Å². The number of nitrogens with zero attached hydrogens (tertiary/aromatic N) is 4. The fourth-order valence-electron chi connectivity index (χ4n) is 2.46. The Kier molecular flexibility index (Phi) is 9.39. The molecular formula is C18H29IN6O. The molecule has 0 unspecified atom stereocenters. The van der Waals surface area contributed by atoms with E-state index in [1.54, 1.807) is 7.05 Å². The van der Waals surface area contributed by atoms with Crippen LogP contribution in [0.25, 0.3) is 0 Å². The van der Waals surface area contributed by atoms with Crippen molar-refractivity contribution in [1.82, 2.24) is 25.4 Å². The smallest absolute Gasteiger partial charge is 0.213 e. The molecule has 0 saturated heterocycles.